The van der Waals surface area contributed by atoms with Crippen LogP contribution in [0.3, 0.4) is 0 Å². The Balaban J connectivity index is 1.95. The Kier molecular flexibility index (Phi) is 3.88. The highest BCUT2D eigenvalue weighted by molar-refractivity contribution is 5.51. The standard InChI is InChI=1S/C17H25NO2/c1-19-15-9-4-8-14(17(12-18)10-5-11-17)16(15)20-13-6-2-3-7-13/h4,8-9,13H,2-3,5-7,10-12,18H2,1H3. The molecule has 1 aromatic carbocycles. The molecule has 0 atom stereocenters. The molecule has 0 unspecified atom stereocenters. The molecular formula is C17H25NO2. The van der Waals surface area contributed by atoms with Gasteiger partial charge in [0.25, 0.3) is 0 Å². The van der Waals surface area contributed by atoms with Crippen LogP contribution in [-0.2, 0) is 5.41 Å². The van der Waals surface area contributed by atoms with E-state index >= 15 is 0 Å². The van der Waals surface area contributed by atoms with Crippen molar-refractivity contribution in [1.82, 2.24) is 0 Å². The van der Waals surface area contributed by atoms with Gasteiger partial charge in [-0.2, -0.15) is 0 Å². The van der Waals surface area contributed by atoms with E-state index in [0.29, 0.717) is 12.6 Å². The molecule has 3 rings (SSSR count). The van der Waals surface area contributed by atoms with Gasteiger partial charge in [0.05, 0.1) is 13.2 Å². The number of rotatable bonds is 5. The highest BCUT2D eigenvalue weighted by Gasteiger charge is 2.40. The second kappa shape index (κ2) is 5.65. The van der Waals surface area contributed by atoms with Crippen LogP contribution in [-0.4, -0.2) is 19.8 Å². The molecule has 3 nitrogen and oxygen atoms in total. The van der Waals surface area contributed by atoms with Gasteiger partial charge in [-0.05, 0) is 44.6 Å². The number of methoxy groups -OCH3 is 1. The summed E-state index contributed by atoms with van der Waals surface area (Å²) in [5, 5.41) is 0. The van der Waals surface area contributed by atoms with E-state index in [1.165, 1.54) is 24.8 Å². The molecule has 3 heteroatoms. The Hall–Kier alpha value is -1.22. The topological polar surface area (TPSA) is 44.5 Å². The average molecular weight is 275 g/mol. The van der Waals surface area contributed by atoms with Crippen molar-refractivity contribution in [2.45, 2.75) is 56.5 Å². The van der Waals surface area contributed by atoms with Crippen LogP contribution >= 0.6 is 0 Å². The molecule has 0 amide bonds. The first-order valence-electron chi connectivity index (χ1n) is 7.83. The largest absolute Gasteiger partial charge is 0.493 e. The van der Waals surface area contributed by atoms with Crippen molar-refractivity contribution >= 4 is 0 Å². The first-order valence-corrected chi connectivity index (χ1v) is 7.83. The van der Waals surface area contributed by atoms with E-state index in [9.17, 15) is 0 Å². The molecule has 0 heterocycles. The Labute approximate surface area is 121 Å². The molecule has 2 N–H and O–H groups in total. The summed E-state index contributed by atoms with van der Waals surface area (Å²) in [6.07, 6.45) is 8.81. The molecule has 2 saturated carbocycles. The second-order valence-electron chi connectivity index (χ2n) is 6.20. The lowest BCUT2D eigenvalue weighted by molar-refractivity contribution is 0.182. The van der Waals surface area contributed by atoms with E-state index in [-0.39, 0.29) is 5.41 Å². The van der Waals surface area contributed by atoms with Crippen LogP contribution in [0.5, 0.6) is 11.5 Å². The number of ether oxygens (including phenoxy) is 2. The Bertz CT molecular complexity index is 457. The van der Waals surface area contributed by atoms with Gasteiger partial charge in [0.15, 0.2) is 11.5 Å². The van der Waals surface area contributed by atoms with Gasteiger partial charge in [-0.15, -0.1) is 0 Å². The smallest absolute Gasteiger partial charge is 0.165 e. The maximum Gasteiger partial charge on any atom is 0.165 e. The highest BCUT2D eigenvalue weighted by Crippen LogP contribution is 2.49. The van der Waals surface area contributed by atoms with E-state index in [0.717, 1.165) is 37.2 Å². The van der Waals surface area contributed by atoms with Gasteiger partial charge in [-0.3, -0.25) is 0 Å². The lowest BCUT2D eigenvalue weighted by Crippen LogP contribution is -2.42. The van der Waals surface area contributed by atoms with Crippen molar-refractivity contribution in [3.05, 3.63) is 23.8 Å². The summed E-state index contributed by atoms with van der Waals surface area (Å²) >= 11 is 0. The van der Waals surface area contributed by atoms with Gasteiger partial charge in [-0.25, -0.2) is 0 Å². The predicted molar refractivity (Wildman–Crippen MR) is 80.5 cm³/mol. The van der Waals surface area contributed by atoms with Gasteiger partial charge >= 0.3 is 0 Å². The van der Waals surface area contributed by atoms with Crippen LogP contribution in [0.4, 0.5) is 0 Å². The average Bonchev–Trinajstić information content (AvgIpc) is 2.92. The molecule has 0 aliphatic heterocycles. The molecule has 2 aliphatic carbocycles. The molecule has 2 fully saturated rings. The van der Waals surface area contributed by atoms with Crippen molar-refractivity contribution in [3.63, 3.8) is 0 Å². The maximum absolute atomic E-state index is 6.33. The molecule has 0 radical (unpaired) electrons. The minimum Gasteiger partial charge on any atom is -0.493 e. The third-order valence-corrected chi connectivity index (χ3v) is 5.06. The van der Waals surface area contributed by atoms with Crippen LogP contribution in [0.1, 0.15) is 50.5 Å². The van der Waals surface area contributed by atoms with E-state index in [1.807, 2.05) is 6.07 Å². The quantitative estimate of drug-likeness (QED) is 0.895. The number of para-hydroxylation sites is 1. The lowest BCUT2D eigenvalue weighted by Gasteiger charge is -2.42. The fraction of sp³-hybridized carbons (Fsp3) is 0.647. The number of nitrogens with two attached hydrogens (primary N) is 1. The normalized spacial score (nSPS) is 21.5. The molecule has 20 heavy (non-hydrogen) atoms. The van der Waals surface area contributed by atoms with E-state index in [1.54, 1.807) is 7.11 Å². The highest BCUT2D eigenvalue weighted by atomic mass is 16.5. The molecular weight excluding hydrogens is 250 g/mol. The summed E-state index contributed by atoms with van der Waals surface area (Å²) in [4.78, 5) is 0. The fourth-order valence-corrected chi connectivity index (χ4v) is 3.58. The van der Waals surface area contributed by atoms with Crippen molar-refractivity contribution in [1.29, 1.82) is 0 Å². The maximum atomic E-state index is 6.33. The summed E-state index contributed by atoms with van der Waals surface area (Å²) in [7, 11) is 1.72. The third kappa shape index (κ3) is 2.28. The fourth-order valence-electron chi connectivity index (χ4n) is 3.58. The second-order valence-corrected chi connectivity index (χ2v) is 6.20. The lowest BCUT2D eigenvalue weighted by atomic mass is 9.64. The van der Waals surface area contributed by atoms with Gasteiger partial charge in [0.2, 0.25) is 0 Å². The van der Waals surface area contributed by atoms with Gasteiger partial charge in [0.1, 0.15) is 0 Å². The summed E-state index contributed by atoms with van der Waals surface area (Å²) in [6.45, 7) is 0.696. The molecule has 0 spiro atoms. The monoisotopic (exact) mass is 275 g/mol. The van der Waals surface area contributed by atoms with Crippen molar-refractivity contribution < 1.29 is 9.47 Å². The first kappa shape index (κ1) is 13.7. The van der Waals surface area contributed by atoms with E-state index < -0.39 is 0 Å². The van der Waals surface area contributed by atoms with Crippen molar-refractivity contribution in [2.75, 3.05) is 13.7 Å². The van der Waals surface area contributed by atoms with Gasteiger partial charge in [-0.1, -0.05) is 18.6 Å². The summed E-state index contributed by atoms with van der Waals surface area (Å²) in [5.74, 6) is 1.81. The zero-order valence-corrected chi connectivity index (χ0v) is 12.4. The van der Waals surface area contributed by atoms with Crippen LogP contribution in [0.25, 0.3) is 0 Å². The summed E-state index contributed by atoms with van der Waals surface area (Å²) in [6, 6.07) is 6.24. The number of hydrogen-bond donors (Lipinski definition) is 1. The molecule has 0 bridgehead atoms. The van der Waals surface area contributed by atoms with Crippen molar-refractivity contribution in [3.8, 4) is 11.5 Å². The number of benzene rings is 1. The Morgan fingerprint density at radius 2 is 1.95 bits per heavy atom. The Morgan fingerprint density at radius 3 is 2.50 bits per heavy atom. The van der Waals surface area contributed by atoms with Crippen LogP contribution < -0.4 is 15.2 Å². The van der Waals surface area contributed by atoms with Gasteiger partial charge < -0.3 is 15.2 Å². The number of hydrogen-bond acceptors (Lipinski definition) is 3. The summed E-state index contributed by atoms with van der Waals surface area (Å²) < 4.78 is 11.9. The first-order chi connectivity index (χ1) is 9.79. The van der Waals surface area contributed by atoms with E-state index in [2.05, 4.69) is 12.1 Å². The minimum absolute atomic E-state index is 0.114. The third-order valence-electron chi connectivity index (χ3n) is 5.06. The minimum atomic E-state index is 0.114. The van der Waals surface area contributed by atoms with Crippen LogP contribution in [0.2, 0.25) is 0 Å². The zero-order chi connectivity index (χ0) is 14.0. The molecule has 0 saturated heterocycles. The molecule has 110 valence electrons. The van der Waals surface area contributed by atoms with Crippen LogP contribution in [0, 0.1) is 0 Å². The zero-order valence-electron chi connectivity index (χ0n) is 12.4. The van der Waals surface area contributed by atoms with Crippen LogP contribution in [0.15, 0.2) is 18.2 Å². The molecule has 2 aliphatic rings. The van der Waals surface area contributed by atoms with Crippen molar-refractivity contribution in [2.24, 2.45) is 5.73 Å². The van der Waals surface area contributed by atoms with Gasteiger partial charge in [0, 0.05) is 17.5 Å². The molecule has 0 aromatic heterocycles. The Morgan fingerprint density at radius 1 is 1.20 bits per heavy atom. The SMILES string of the molecule is COc1cccc(C2(CN)CCC2)c1OC1CCCC1. The molecule has 1 aromatic rings. The predicted octanol–water partition coefficient (Wildman–Crippen LogP) is 3.40. The van der Waals surface area contributed by atoms with E-state index in [4.69, 9.17) is 15.2 Å². The summed E-state index contributed by atoms with van der Waals surface area (Å²) in [5.41, 5.74) is 7.45.